The Bertz CT molecular complexity index is 610. The summed E-state index contributed by atoms with van der Waals surface area (Å²) in [5.41, 5.74) is 2.75. The maximum absolute atomic E-state index is 13.0. The third-order valence-corrected chi connectivity index (χ3v) is 3.40. The molecule has 2 aromatic carbocycles. The van der Waals surface area contributed by atoms with Crippen molar-refractivity contribution in [2.75, 3.05) is 0 Å². The van der Waals surface area contributed by atoms with Gasteiger partial charge in [0.25, 0.3) is 0 Å². The largest absolute Gasteiger partial charge is 0.481 e. The van der Waals surface area contributed by atoms with E-state index in [1.54, 1.807) is 13.0 Å². The highest BCUT2D eigenvalue weighted by Crippen LogP contribution is 2.16. The Balaban J connectivity index is 1.88. The summed E-state index contributed by atoms with van der Waals surface area (Å²) < 4.78 is 13.0. The number of hydrogen-bond acceptors (Lipinski definition) is 2. The minimum absolute atomic E-state index is 0.235. The number of aliphatic carboxylic acids is 1. The highest BCUT2D eigenvalue weighted by Gasteiger charge is 2.12. The maximum atomic E-state index is 13.0. The summed E-state index contributed by atoms with van der Waals surface area (Å²) in [5.74, 6) is -1.56. The molecule has 4 heteroatoms. The van der Waals surface area contributed by atoms with Gasteiger partial charge < -0.3 is 10.4 Å². The zero-order chi connectivity index (χ0) is 15.2. The summed E-state index contributed by atoms with van der Waals surface area (Å²) in [7, 11) is 0. The highest BCUT2D eigenvalue weighted by molar-refractivity contribution is 5.75. The fourth-order valence-electron chi connectivity index (χ4n) is 2.06. The average molecular weight is 287 g/mol. The van der Waals surface area contributed by atoms with Crippen molar-refractivity contribution in [3.63, 3.8) is 0 Å². The highest BCUT2D eigenvalue weighted by atomic mass is 19.1. The van der Waals surface area contributed by atoms with Crippen molar-refractivity contribution in [2.24, 2.45) is 0 Å². The first-order valence-electron chi connectivity index (χ1n) is 6.83. The first kappa shape index (κ1) is 15.2. The Morgan fingerprint density at radius 3 is 2.43 bits per heavy atom. The van der Waals surface area contributed by atoms with Crippen LogP contribution < -0.4 is 5.32 Å². The van der Waals surface area contributed by atoms with E-state index >= 15 is 0 Å². The number of benzene rings is 2. The molecule has 3 nitrogen and oxygen atoms in total. The van der Waals surface area contributed by atoms with E-state index in [9.17, 15) is 9.18 Å². The zero-order valence-electron chi connectivity index (χ0n) is 11.8. The van der Waals surface area contributed by atoms with E-state index in [0.717, 1.165) is 16.7 Å². The molecule has 1 atom stereocenters. The normalized spacial score (nSPS) is 12.1. The lowest BCUT2D eigenvalue weighted by molar-refractivity contribution is -0.138. The molecule has 0 aliphatic rings. The number of halogens is 1. The molecule has 21 heavy (non-hydrogen) atoms. The number of rotatable bonds is 6. The summed E-state index contributed by atoms with van der Waals surface area (Å²) in [4.78, 5) is 10.9. The topological polar surface area (TPSA) is 49.3 Å². The Labute approximate surface area is 123 Å². The van der Waals surface area contributed by atoms with Crippen LogP contribution in [0.1, 0.15) is 29.5 Å². The van der Waals surface area contributed by atoms with Crippen molar-refractivity contribution in [2.45, 2.75) is 25.9 Å². The van der Waals surface area contributed by atoms with Gasteiger partial charge in [-0.2, -0.15) is 0 Å². The third kappa shape index (κ3) is 4.39. The maximum Gasteiger partial charge on any atom is 0.310 e. The molecule has 110 valence electrons. The molecule has 0 aliphatic carbocycles. The van der Waals surface area contributed by atoms with Gasteiger partial charge >= 0.3 is 5.97 Å². The smallest absolute Gasteiger partial charge is 0.310 e. The van der Waals surface area contributed by atoms with Gasteiger partial charge in [0.1, 0.15) is 5.82 Å². The molecule has 0 saturated carbocycles. The van der Waals surface area contributed by atoms with Crippen LogP contribution in [0.4, 0.5) is 4.39 Å². The lowest BCUT2D eigenvalue weighted by Gasteiger charge is -2.09. The second kappa shape index (κ2) is 6.99. The molecule has 0 heterocycles. The molecule has 2 aromatic rings. The Hall–Kier alpha value is -2.20. The molecule has 2 N–H and O–H groups in total. The molecular weight excluding hydrogens is 269 g/mol. The number of hydrogen-bond donors (Lipinski definition) is 2. The van der Waals surface area contributed by atoms with E-state index in [2.05, 4.69) is 5.32 Å². The van der Waals surface area contributed by atoms with Gasteiger partial charge in [0, 0.05) is 13.1 Å². The van der Waals surface area contributed by atoms with E-state index in [1.807, 2.05) is 30.3 Å². The summed E-state index contributed by atoms with van der Waals surface area (Å²) in [6.07, 6.45) is 0. The molecule has 0 fully saturated rings. The monoisotopic (exact) mass is 287 g/mol. The Kier molecular flexibility index (Phi) is 5.06. The lowest BCUT2D eigenvalue weighted by Crippen LogP contribution is -2.13. The van der Waals surface area contributed by atoms with Crippen LogP contribution in [-0.4, -0.2) is 11.1 Å². The fourth-order valence-corrected chi connectivity index (χ4v) is 2.06. The van der Waals surface area contributed by atoms with Crippen molar-refractivity contribution < 1.29 is 14.3 Å². The molecule has 0 amide bonds. The van der Waals surface area contributed by atoms with E-state index in [1.165, 1.54) is 12.1 Å². The SMILES string of the molecule is CC(C(=O)O)c1ccc(CNCc2cccc(F)c2)cc1. The van der Waals surface area contributed by atoms with Crippen molar-refractivity contribution in [1.82, 2.24) is 5.32 Å². The van der Waals surface area contributed by atoms with Gasteiger partial charge in [0.2, 0.25) is 0 Å². The van der Waals surface area contributed by atoms with Gasteiger partial charge in [-0.15, -0.1) is 0 Å². The predicted molar refractivity (Wildman–Crippen MR) is 79.4 cm³/mol. The summed E-state index contributed by atoms with van der Waals surface area (Å²) in [6.45, 7) is 2.91. The second-order valence-corrected chi connectivity index (χ2v) is 5.03. The molecular formula is C17H18FNO2. The number of carboxylic acid groups (broad SMARTS) is 1. The summed E-state index contributed by atoms with van der Waals surface area (Å²) in [5, 5.41) is 12.2. The fraction of sp³-hybridized carbons (Fsp3) is 0.235. The third-order valence-electron chi connectivity index (χ3n) is 3.40. The Morgan fingerprint density at radius 2 is 1.81 bits per heavy atom. The molecule has 0 bridgehead atoms. The van der Waals surface area contributed by atoms with E-state index < -0.39 is 11.9 Å². The number of nitrogens with one attached hydrogen (secondary N) is 1. The second-order valence-electron chi connectivity index (χ2n) is 5.03. The molecule has 0 aliphatic heterocycles. The molecule has 0 radical (unpaired) electrons. The molecule has 0 aromatic heterocycles. The minimum Gasteiger partial charge on any atom is -0.481 e. The van der Waals surface area contributed by atoms with E-state index in [4.69, 9.17) is 5.11 Å². The van der Waals surface area contributed by atoms with Crippen LogP contribution in [0.2, 0.25) is 0 Å². The zero-order valence-corrected chi connectivity index (χ0v) is 11.8. The van der Waals surface area contributed by atoms with E-state index in [0.29, 0.717) is 13.1 Å². The molecule has 0 spiro atoms. The lowest BCUT2D eigenvalue weighted by atomic mass is 10.00. The molecule has 2 rings (SSSR count). The van der Waals surface area contributed by atoms with Crippen LogP contribution in [0.15, 0.2) is 48.5 Å². The van der Waals surface area contributed by atoms with Crippen LogP contribution in [-0.2, 0) is 17.9 Å². The van der Waals surface area contributed by atoms with Crippen LogP contribution in [0.5, 0.6) is 0 Å². The Morgan fingerprint density at radius 1 is 1.14 bits per heavy atom. The quantitative estimate of drug-likeness (QED) is 0.857. The molecule has 0 saturated heterocycles. The van der Waals surface area contributed by atoms with Crippen molar-refractivity contribution in [3.05, 3.63) is 71.0 Å². The van der Waals surface area contributed by atoms with Gasteiger partial charge in [0.05, 0.1) is 5.92 Å². The van der Waals surface area contributed by atoms with Crippen molar-refractivity contribution in [1.29, 1.82) is 0 Å². The van der Waals surface area contributed by atoms with Gasteiger partial charge in [-0.25, -0.2) is 4.39 Å². The first-order valence-corrected chi connectivity index (χ1v) is 6.83. The van der Waals surface area contributed by atoms with Gasteiger partial charge in [-0.3, -0.25) is 4.79 Å². The predicted octanol–water partition coefficient (Wildman–Crippen LogP) is 3.30. The van der Waals surface area contributed by atoms with Crippen LogP contribution in [0, 0.1) is 5.82 Å². The van der Waals surface area contributed by atoms with Gasteiger partial charge in [0.15, 0.2) is 0 Å². The van der Waals surface area contributed by atoms with Crippen LogP contribution in [0.3, 0.4) is 0 Å². The number of carboxylic acids is 1. The molecule has 1 unspecified atom stereocenters. The van der Waals surface area contributed by atoms with Crippen LogP contribution >= 0.6 is 0 Å². The average Bonchev–Trinajstić information content (AvgIpc) is 2.47. The van der Waals surface area contributed by atoms with Gasteiger partial charge in [-0.05, 0) is 35.7 Å². The summed E-state index contributed by atoms with van der Waals surface area (Å²) in [6, 6.07) is 14.0. The number of carbonyl (C=O) groups is 1. The van der Waals surface area contributed by atoms with Crippen molar-refractivity contribution in [3.8, 4) is 0 Å². The van der Waals surface area contributed by atoms with E-state index in [-0.39, 0.29) is 5.82 Å². The van der Waals surface area contributed by atoms with Crippen molar-refractivity contribution >= 4 is 5.97 Å². The first-order chi connectivity index (χ1) is 10.1. The van der Waals surface area contributed by atoms with Gasteiger partial charge in [-0.1, -0.05) is 36.4 Å². The minimum atomic E-state index is -0.827. The van der Waals surface area contributed by atoms with Crippen LogP contribution in [0.25, 0.3) is 0 Å². The standard InChI is InChI=1S/C17H18FNO2/c1-12(17(20)21)15-7-5-13(6-8-15)10-19-11-14-3-2-4-16(18)9-14/h2-9,12,19H,10-11H2,1H3,(H,20,21). The summed E-state index contributed by atoms with van der Waals surface area (Å²) >= 11 is 0.